The lowest BCUT2D eigenvalue weighted by Gasteiger charge is -2.15. The highest BCUT2D eigenvalue weighted by Crippen LogP contribution is 2.27. The van der Waals surface area contributed by atoms with Crippen molar-refractivity contribution in [2.75, 3.05) is 7.05 Å². The molecule has 100 valence electrons. The van der Waals surface area contributed by atoms with Gasteiger partial charge in [-0.3, -0.25) is 0 Å². The van der Waals surface area contributed by atoms with Gasteiger partial charge in [0.2, 0.25) is 0 Å². The van der Waals surface area contributed by atoms with Crippen LogP contribution >= 0.6 is 11.6 Å². The zero-order valence-corrected chi connectivity index (χ0v) is 11.8. The number of rotatable bonds is 4. The Bertz CT molecular complexity index is 544. The summed E-state index contributed by atoms with van der Waals surface area (Å²) in [6.07, 6.45) is 1.00. The predicted molar refractivity (Wildman–Crippen MR) is 78.9 cm³/mol. The first-order valence-corrected chi connectivity index (χ1v) is 6.75. The molecule has 1 atom stereocenters. The largest absolute Gasteiger partial charge is 0.313 e. The summed E-state index contributed by atoms with van der Waals surface area (Å²) >= 11 is 5.90. The Kier molecular flexibility index (Phi) is 4.56. The maximum Gasteiger partial charge on any atom is 0.125 e. The van der Waals surface area contributed by atoms with Crippen LogP contribution in [0.1, 0.15) is 24.9 Å². The number of benzene rings is 2. The molecule has 2 rings (SSSR count). The lowest BCUT2D eigenvalue weighted by Crippen LogP contribution is -2.15. The lowest BCUT2D eigenvalue weighted by molar-refractivity contribution is 0.577. The quantitative estimate of drug-likeness (QED) is 0.845. The molecule has 0 spiro atoms. The Hall–Kier alpha value is -1.38. The van der Waals surface area contributed by atoms with Gasteiger partial charge < -0.3 is 5.32 Å². The van der Waals surface area contributed by atoms with Gasteiger partial charge in [0.1, 0.15) is 5.82 Å². The van der Waals surface area contributed by atoms with Crippen molar-refractivity contribution in [3.8, 4) is 11.1 Å². The van der Waals surface area contributed by atoms with Gasteiger partial charge in [-0.05, 0) is 54.4 Å². The van der Waals surface area contributed by atoms with Gasteiger partial charge in [0.25, 0.3) is 0 Å². The van der Waals surface area contributed by atoms with Crippen molar-refractivity contribution in [3.63, 3.8) is 0 Å². The summed E-state index contributed by atoms with van der Waals surface area (Å²) < 4.78 is 13.4. The van der Waals surface area contributed by atoms with Gasteiger partial charge >= 0.3 is 0 Å². The zero-order valence-electron chi connectivity index (χ0n) is 11.1. The van der Waals surface area contributed by atoms with Crippen LogP contribution < -0.4 is 5.32 Å². The smallest absolute Gasteiger partial charge is 0.125 e. The maximum atomic E-state index is 13.4. The highest BCUT2D eigenvalue weighted by atomic mass is 35.5. The molecule has 1 unspecified atom stereocenters. The zero-order chi connectivity index (χ0) is 13.8. The van der Waals surface area contributed by atoms with Crippen LogP contribution in [0.15, 0.2) is 42.5 Å². The normalized spacial score (nSPS) is 12.4. The van der Waals surface area contributed by atoms with E-state index in [-0.39, 0.29) is 5.82 Å². The molecule has 0 amide bonds. The van der Waals surface area contributed by atoms with Gasteiger partial charge in [-0.1, -0.05) is 36.7 Å². The van der Waals surface area contributed by atoms with E-state index in [1.807, 2.05) is 19.2 Å². The molecular weight excluding hydrogens is 261 g/mol. The Balaban J connectivity index is 2.42. The fourth-order valence-corrected chi connectivity index (χ4v) is 2.48. The monoisotopic (exact) mass is 277 g/mol. The van der Waals surface area contributed by atoms with E-state index in [9.17, 15) is 4.39 Å². The van der Waals surface area contributed by atoms with Crippen molar-refractivity contribution in [3.05, 3.63) is 58.9 Å². The fourth-order valence-electron chi connectivity index (χ4n) is 2.26. The second-order valence-electron chi connectivity index (χ2n) is 4.53. The topological polar surface area (TPSA) is 12.0 Å². The second-order valence-corrected chi connectivity index (χ2v) is 4.97. The Morgan fingerprint density at radius 3 is 2.58 bits per heavy atom. The van der Waals surface area contributed by atoms with Gasteiger partial charge in [0.05, 0.1) is 0 Å². The van der Waals surface area contributed by atoms with Crippen LogP contribution in [0.2, 0.25) is 5.02 Å². The van der Waals surface area contributed by atoms with Crippen molar-refractivity contribution in [1.82, 2.24) is 5.32 Å². The van der Waals surface area contributed by atoms with E-state index in [2.05, 4.69) is 24.4 Å². The molecule has 3 heteroatoms. The SMILES string of the molecule is CCC(NC)c1cccc(-c2cc(F)cc(Cl)c2)c1. The predicted octanol–water partition coefficient (Wildman–Crippen LogP) is 4.82. The highest BCUT2D eigenvalue weighted by molar-refractivity contribution is 6.30. The van der Waals surface area contributed by atoms with Gasteiger partial charge in [0, 0.05) is 11.1 Å². The highest BCUT2D eigenvalue weighted by Gasteiger charge is 2.08. The molecule has 0 aliphatic carbocycles. The summed E-state index contributed by atoms with van der Waals surface area (Å²) in [7, 11) is 1.94. The number of hydrogen-bond donors (Lipinski definition) is 1. The van der Waals surface area contributed by atoms with Crippen molar-refractivity contribution < 1.29 is 4.39 Å². The molecular formula is C16H17ClFN. The average molecular weight is 278 g/mol. The van der Waals surface area contributed by atoms with Gasteiger partial charge in [-0.15, -0.1) is 0 Å². The summed E-state index contributed by atoms with van der Waals surface area (Å²) in [4.78, 5) is 0. The first-order valence-electron chi connectivity index (χ1n) is 6.37. The van der Waals surface area contributed by atoms with E-state index < -0.39 is 0 Å². The molecule has 0 saturated carbocycles. The Labute approximate surface area is 118 Å². The van der Waals surface area contributed by atoms with Gasteiger partial charge in [-0.25, -0.2) is 4.39 Å². The van der Waals surface area contributed by atoms with Crippen LogP contribution in [0.25, 0.3) is 11.1 Å². The van der Waals surface area contributed by atoms with Gasteiger partial charge in [0.15, 0.2) is 0 Å². The third kappa shape index (κ3) is 3.34. The molecule has 0 aromatic heterocycles. The molecule has 0 aliphatic rings. The number of halogens is 2. The minimum Gasteiger partial charge on any atom is -0.313 e. The summed E-state index contributed by atoms with van der Waals surface area (Å²) in [5.74, 6) is -0.312. The lowest BCUT2D eigenvalue weighted by atomic mass is 9.98. The molecule has 1 nitrogen and oxygen atoms in total. The van der Waals surface area contributed by atoms with Gasteiger partial charge in [-0.2, -0.15) is 0 Å². The standard InChI is InChI=1S/C16H17ClFN/c1-3-16(19-2)12-6-4-5-11(7-12)13-8-14(17)10-15(18)9-13/h4-10,16,19H,3H2,1-2H3. The molecule has 1 N–H and O–H groups in total. The molecule has 0 bridgehead atoms. The summed E-state index contributed by atoms with van der Waals surface area (Å²) in [5.41, 5.74) is 2.98. The minimum atomic E-state index is -0.312. The summed E-state index contributed by atoms with van der Waals surface area (Å²) in [6, 6.07) is 13.0. The number of nitrogens with one attached hydrogen (secondary N) is 1. The van der Waals surface area contributed by atoms with E-state index in [1.165, 1.54) is 17.7 Å². The van der Waals surface area contributed by atoms with Crippen molar-refractivity contribution in [1.29, 1.82) is 0 Å². The number of hydrogen-bond acceptors (Lipinski definition) is 1. The minimum absolute atomic E-state index is 0.309. The maximum absolute atomic E-state index is 13.4. The molecule has 19 heavy (non-hydrogen) atoms. The van der Waals surface area contributed by atoms with Crippen molar-refractivity contribution >= 4 is 11.6 Å². The fraction of sp³-hybridized carbons (Fsp3) is 0.250. The van der Waals surface area contributed by atoms with Crippen LogP contribution in [-0.2, 0) is 0 Å². The third-order valence-corrected chi connectivity index (χ3v) is 3.46. The molecule has 0 radical (unpaired) electrons. The van der Waals surface area contributed by atoms with E-state index in [1.54, 1.807) is 6.07 Å². The van der Waals surface area contributed by atoms with Crippen LogP contribution in [0.3, 0.4) is 0 Å². The van der Waals surface area contributed by atoms with Crippen molar-refractivity contribution in [2.45, 2.75) is 19.4 Å². The first-order chi connectivity index (χ1) is 9.13. The molecule has 0 heterocycles. The molecule has 0 fully saturated rings. The molecule has 0 aliphatic heterocycles. The average Bonchev–Trinajstić information content (AvgIpc) is 2.39. The van der Waals surface area contributed by atoms with E-state index in [4.69, 9.17) is 11.6 Å². The molecule has 0 saturated heterocycles. The molecule has 2 aromatic carbocycles. The van der Waals surface area contributed by atoms with E-state index >= 15 is 0 Å². The Morgan fingerprint density at radius 2 is 1.95 bits per heavy atom. The Morgan fingerprint density at radius 1 is 1.16 bits per heavy atom. The van der Waals surface area contributed by atoms with Crippen LogP contribution in [-0.4, -0.2) is 7.05 Å². The first kappa shape index (κ1) is 14.0. The van der Waals surface area contributed by atoms with Crippen LogP contribution in [0.4, 0.5) is 4.39 Å². The summed E-state index contributed by atoms with van der Waals surface area (Å²) in [5, 5.41) is 3.69. The molecule has 2 aromatic rings. The van der Waals surface area contributed by atoms with E-state index in [0.29, 0.717) is 11.1 Å². The van der Waals surface area contributed by atoms with Crippen molar-refractivity contribution in [2.24, 2.45) is 0 Å². The van der Waals surface area contributed by atoms with E-state index in [0.717, 1.165) is 17.5 Å². The van der Waals surface area contributed by atoms with Crippen LogP contribution in [0, 0.1) is 5.82 Å². The second kappa shape index (κ2) is 6.18. The summed E-state index contributed by atoms with van der Waals surface area (Å²) in [6.45, 7) is 2.13. The van der Waals surface area contributed by atoms with Crippen LogP contribution in [0.5, 0.6) is 0 Å². The third-order valence-electron chi connectivity index (χ3n) is 3.24.